The smallest absolute Gasteiger partial charge is 0.183 e. The maximum Gasteiger partial charge on any atom is 0.183 e. The van der Waals surface area contributed by atoms with Crippen molar-refractivity contribution >= 4 is 20.8 Å². The quantitative estimate of drug-likeness (QED) is 0.628. The summed E-state index contributed by atoms with van der Waals surface area (Å²) < 4.78 is 26.1. The van der Waals surface area contributed by atoms with Crippen molar-refractivity contribution in [2.24, 2.45) is 0 Å². The molecule has 0 aliphatic carbocycles. The lowest BCUT2D eigenvalue weighted by molar-refractivity contribution is 0.605. The predicted molar refractivity (Wildman–Crippen MR) is 99.8 cm³/mol. The van der Waals surface area contributed by atoms with Crippen LogP contribution in [0.1, 0.15) is 16.7 Å². The maximum atomic E-state index is 13.0. The maximum absolute atomic E-state index is 13.0. The summed E-state index contributed by atoms with van der Waals surface area (Å²) in [6.07, 6.45) is 1.74. The highest BCUT2D eigenvalue weighted by atomic mass is 32.2. The largest absolute Gasteiger partial charge is 0.223 e. The molecule has 0 fully saturated rings. The molecule has 3 rings (SSSR count). The van der Waals surface area contributed by atoms with Gasteiger partial charge in [0.15, 0.2) is 9.84 Å². The zero-order chi connectivity index (χ0) is 16.8. The molecule has 0 heterocycles. The summed E-state index contributed by atoms with van der Waals surface area (Å²) in [5.41, 5.74) is 2.36. The first-order valence-corrected chi connectivity index (χ1v) is 9.39. The van der Waals surface area contributed by atoms with Gasteiger partial charge in [0.1, 0.15) is 0 Å². The van der Waals surface area contributed by atoms with Gasteiger partial charge in [-0.25, -0.2) is 8.42 Å². The highest BCUT2D eigenvalue weighted by Gasteiger charge is 2.20. The third-order valence-electron chi connectivity index (χ3n) is 3.69. The summed E-state index contributed by atoms with van der Waals surface area (Å²) in [5.74, 6) is -0.0125. The lowest BCUT2D eigenvalue weighted by Crippen LogP contribution is -2.07. The van der Waals surface area contributed by atoms with Crippen LogP contribution in [0.15, 0.2) is 91.0 Å². The Morgan fingerprint density at radius 2 is 1.21 bits per heavy atom. The van der Waals surface area contributed by atoms with Crippen molar-refractivity contribution in [3.8, 4) is 0 Å². The fourth-order valence-corrected chi connectivity index (χ4v) is 4.12. The molecule has 0 saturated carbocycles. The van der Waals surface area contributed by atoms with E-state index in [9.17, 15) is 8.42 Å². The van der Waals surface area contributed by atoms with E-state index >= 15 is 0 Å². The molecule has 3 aromatic carbocycles. The van der Waals surface area contributed by atoms with Gasteiger partial charge in [0, 0.05) is 0 Å². The van der Waals surface area contributed by atoms with Crippen LogP contribution in [0.5, 0.6) is 0 Å². The molecule has 0 aliphatic heterocycles. The van der Waals surface area contributed by atoms with Gasteiger partial charge in [0.25, 0.3) is 0 Å². The molecule has 0 spiro atoms. The standard InChI is InChI=1S/C21H18O2S/c22-24(23,17-19-12-6-2-7-13-19)21(20-14-8-3-9-15-20)16-18-10-4-1-5-11-18/h1-16H,17H2. The zero-order valence-electron chi connectivity index (χ0n) is 13.2. The van der Waals surface area contributed by atoms with Crippen LogP contribution in [0.2, 0.25) is 0 Å². The second-order valence-corrected chi connectivity index (χ2v) is 7.49. The average molecular weight is 334 g/mol. The Morgan fingerprint density at radius 1 is 0.708 bits per heavy atom. The van der Waals surface area contributed by atoms with Crippen LogP contribution >= 0.6 is 0 Å². The van der Waals surface area contributed by atoms with Gasteiger partial charge in [-0.2, -0.15) is 0 Å². The third-order valence-corrected chi connectivity index (χ3v) is 5.43. The fourth-order valence-electron chi connectivity index (χ4n) is 2.53. The van der Waals surface area contributed by atoms with E-state index < -0.39 is 9.84 Å². The third kappa shape index (κ3) is 4.00. The molecule has 0 bridgehead atoms. The lowest BCUT2D eigenvalue weighted by atomic mass is 10.1. The first-order chi connectivity index (χ1) is 11.6. The van der Waals surface area contributed by atoms with Crippen LogP contribution in [-0.2, 0) is 15.6 Å². The van der Waals surface area contributed by atoms with Gasteiger partial charge in [-0.3, -0.25) is 0 Å². The topological polar surface area (TPSA) is 34.1 Å². The first kappa shape index (κ1) is 16.2. The van der Waals surface area contributed by atoms with E-state index in [0.29, 0.717) is 10.5 Å². The molecule has 0 amide bonds. The second-order valence-electron chi connectivity index (χ2n) is 5.53. The lowest BCUT2D eigenvalue weighted by Gasteiger charge is -2.10. The highest BCUT2D eigenvalue weighted by molar-refractivity contribution is 8.00. The van der Waals surface area contributed by atoms with Crippen molar-refractivity contribution in [1.29, 1.82) is 0 Å². The summed E-state index contributed by atoms with van der Waals surface area (Å²) >= 11 is 0. The molecule has 3 aromatic rings. The van der Waals surface area contributed by atoms with Crippen LogP contribution in [0.3, 0.4) is 0 Å². The molecule has 0 aromatic heterocycles. The van der Waals surface area contributed by atoms with Crippen LogP contribution in [0.25, 0.3) is 11.0 Å². The van der Waals surface area contributed by atoms with Crippen molar-refractivity contribution in [1.82, 2.24) is 0 Å². The summed E-state index contributed by atoms with van der Waals surface area (Å²) in [4.78, 5) is 0.346. The molecule has 2 nitrogen and oxygen atoms in total. The molecule has 0 unspecified atom stereocenters. The number of benzene rings is 3. The molecule has 24 heavy (non-hydrogen) atoms. The number of hydrogen-bond acceptors (Lipinski definition) is 2. The van der Waals surface area contributed by atoms with Gasteiger partial charge in [-0.05, 0) is 22.8 Å². The Bertz CT molecular complexity index is 913. The van der Waals surface area contributed by atoms with Crippen molar-refractivity contribution in [3.63, 3.8) is 0 Å². The summed E-state index contributed by atoms with van der Waals surface area (Å²) in [7, 11) is -3.47. The van der Waals surface area contributed by atoms with Crippen molar-refractivity contribution in [3.05, 3.63) is 108 Å². The number of hydrogen-bond donors (Lipinski definition) is 0. The van der Waals surface area contributed by atoms with Crippen molar-refractivity contribution in [2.45, 2.75) is 5.75 Å². The molecular weight excluding hydrogens is 316 g/mol. The highest BCUT2D eigenvalue weighted by Crippen LogP contribution is 2.27. The Morgan fingerprint density at radius 3 is 1.79 bits per heavy atom. The SMILES string of the molecule is O=S(=O)(Cc1ccccc1)C(=Cc1ccccc1)c1ccccc1. The van der Waals surface area contributed by atoms with Gasteiger partial charge in [-0.15, -0.1) is 0 Å². The van der Waals surface area contributed by atoms with E-state index in [0.717, 1.165) is 11.1 Å². The monoisotopic (exact) mass is 334 g/mol. The summed E-state index contributed by atoms with van der Waals surface area (Å²) in [6, 6.07) is 28.0. The van der Waals surface area contributed by atoms with Crippen molar-refractivity contribution in [2.75, 3.05) is 0 Å². The zero-order valence-corrected chi connectivity index (χ0v) is 14.0. The van der Waals surface area contributed by atoms with E-state index in [1.807, 2.05) is 91.0 Å². The van der Waals surface area contributed by atoms with Gasteiger partial charge in [0.05, 0.1) is 10.7 Å². The molecule has 0 aliphatic rings. The van der Waals surface area contributed by atoms with Crippen molar-refractivity contribution < 1.29 is 8.42 Å². The molecule has 0 atom stereocenters. The minimum atomic E-state index is -3.47. The Hall–Kier alpha value is -2.65. The summed E-state index contributed by atoms with van der Waals surface area (Å²) in [6.45, 7) is 0. The molecule has 0 radical (unpaired) electrons. The van der Waals surface area contributed by atoms with E-state index in [2.05, 4.69) is 0 Å². The predicted octanol–water partition coefficient (Wildman–Crippen LogP) is 4.80. The normalized spacial score (nSPS) is 12.1. The van der Waals surface area contributed by atoms with Gasteiger partial charge in [-0.1, -0.05) is 91.0 Å². The molecule has 0 saturated heterocycles. The molecule has 0 N–H and O–H groups in total. The second kappa shape index (κ2) is 7.28. The number of sulfone groups is 1. The Labute approximate surface area is 143 Å². The van der Waals surface area contributed by atoms with Crippen LogP contribution in [0.4, 0.5) is 0 Å². The van der Waals surface area contributed by atoms with E-state index in [4.69, 9.17) is 0 Å². The van der Waals surface area contributed by atoms with Crippen LogP contribution in [0, 0.1) is 0 Å². The van der Waals surface area contributed by atoms with Crippen LogP contribution < -0.4 is 0 Å². The van der Waals surface area contributed by atoms with Gasteiger partial charge < -0.3 is 0 Å². The number of rotatable bonds is 5. The fraction of sp³-hybridized carbons (Fsp3) is 0.0476. The first-order valence-electron chi connectivity index (χ1n) is 7.74. The Balaban J connectivity index is 2.06. The van der Waals surface area contributed by atoms with Gasteiger partial charge in [0.2, 0.25) is 0 Å². The van der Waals surface area contributed by atoms with E-state index in [1.54, 1.807) is 6.08 Å². The molecule has 3 heteroatoms. The molecular formula is C21H18O2S. The van der Waals surface area contributed by atoms with E-state index in [-0.39, 0.29) is 5.75 Å². The average Bonchev–Trinajstić information content (AvgIpc) is 2.62. The van der Waals surface area contributed by atoms with Gasteiger partial charge >= 0.3 is 0 Å². The minimum absolute atomic E-state index is 0.0125. The summed E-state index contributed by atoms with van der Waals surface area (Å²) in [5, 5.41) is 0. The Kier molecular flexibility index (Phi) is 4.92. The molecule has 120 valence electrons. The van der Waals surface area contributed by atoms with Crippen LogP contribution in [-0.4, -0.2) is 8.42 Å². The van der Waals surface area contributed by atoms with E-state index in [1.165, 1.54) is 0 Å². The minimum Gasteiger partial charge on any atom is -0.223 e.